The van der Waals surface area contributed by atoms with Gasteiger partial charge in [0, 0.05) is 18.6 Å². The first-order valence-corrected chi connectivity index (χ1v) is 9.54. The van der Waals surface area contributed by atoms with Gasteiger partial charge in [-0.15, -0.1) is 0 Å². The smallest absolute Gasteiger partial charge is 0.263 e. The van der Waals surface area contributed by atoms with Crippen molar-refractivity contribution in [1.82, 2.24) is 14.5 Å². The number of fused-ring (bicyclic) bond motifs is 1. The molecule has 1 aliphatic heterocycles. The van der Waals surface area contributed by atoms with Gasteiger partial charge in [-0.3, -0.25) is 9.36 Å². The van der Waals surface area contributed by atoms with Gasteiger partial charge in [-0.05, 0) is 42.7 Å². The van der Waals surface area contributed by atoms with E-state index >= 15 is 0 Å². The van der Waals surface area contributed by atoms with E-state index in [1.165, 1.54) is 23.9 Å². The number of aromatic nitrogens is 3. The van der Waals surface area contributed by atoms with E-state index in [4.69, 9.17) is 4.74 Å². The summed E-state index contributed by atoms with van der Waals surface area (Å²) >= 11 is 1.45. The van der Waals surface area contributed by atoms with E-state index in [1.807, 2.05) is 0 Å². The first-order valence-electron chi connectivity index (χ1n) is 8.55. The maximum Gasteiger partial charge on any atom is 0.263 e. The van der Waals surface area contributed by atoms with Crippen LogP contribution < -0.4 is 5.56 Å². The number of ether oxygens (including phenoxy) is 1. The van der Waals surface area contributed by atoms with E-state index in [9.17, 15) is 9.18 Å². The standard InChI is InChI=1S/C19H18FN3O2S/c20-14-7-5-13(6-8-14)12-26-19-22-17-16(4-1-9-21-17)18(24)23(19)11-15-3-2-10-25-15/h1,4-9,15H,2-3,10-12H2. The molecule has 0 bridgehead atoms. The van der Waals surface area contributed by atoms with Gasteiger partial charge in [-0.2, -0.15) is 0 Å². The van der Waals surface area contributed by atoms with Gasteiger partial charge in [0.15, 0.2) is 10.8 Å². The molecule has 3 aromatic rings. The maximum absolute atomic E-state index is 13.1. The van der Waals surface area contributed by atoms with Gasteiger partial charge in [-0.25, -0.2) is 14.4 Å². The summed E-state index contributed by atoms with van der Waals surface area (Å²) in [6, 6.07) is 9.84. The number of rotatable bonds is 5. The number of hydrogen-bond acceptors (Lipinski definition) is 5. The average Bonchev–Trinajstić information content (AvgIpc) is 3.17. The van der Waals surface area contributed by atoms with Crippen molar-refractivity contribution < 1.29 is 9.13 Å². The molecule has 4 rings (SSSR count). The highest BCUT2D eigenvalue weighted by molar-refractivity contribution is 7.98. The van der Waals surface area contributed by atoms with Gasteiger partial charge in [0.2, 0.25) is 0 Å². The van der Waals surface area contributed by atoms with Crippen LogP contribution in [0.15, 0.2) is 52.5 Å². The van der Waals surface area contributed by atoms with Gasteiger partial charge in [-0.1, -0.05) is 23.9 Å². The van der Waals surface area contributed by atoms with Crippen LogP contribution in [-0.4, -0.2) is 27.2 Å². The van der Waals surface area contributed by atoms with Crippen molar-refractivity contribution in [3.8, 4) is 0 Å². The van der Waals surface area contributed by atoms with Crippen molar-refractivity contribution in [3.63, 3.8) is 0 Å². The Hall–Kier alpha value is -2.25. The molecule has 0 radical (unpaired) electrons. The third-order valence-corrected chi connectivity index (χ3v) is 5.43. The van der Waals surface area contributed by atoms with Crippen LogP contribution in [0.1, 0.15) is 18.4 Å². The van der Waals surface area contributed by atoms with Crippen molar-refractivity contribution in [3.05, 3.63) is 64.3 Å². The maximum atomic E-state index is 13.1. The van der Waals surface area contributed by atoms with Crippen LogP contribution in [0.3, 0.4) is 0 Å². The van der Waals surface area contributed by atoms with Crippen molar-refractivity contribution in [2.24, 2.45) is 0 Å². The predicted octanol–water partition coefficient (Wildman–Crippen LogP) is 3.40. The summed E-state index contributed by atoms with van der Waals surface area (Å²) in [5.41, 5.74) is 1.32. The minimum absolute atomic E-state index is 0.0359. The lowest BCUT2D eigenvalue weighted by Crippen LogP contribution is -2.29. The fraction of sp³-hybridized carbons (Fsp3) is 0.316. The van der Waals surface area contributed by atoms with Crippen LogP contribution in [0.2, 0.25) is 0 Å². The van der Waals surface area contributed by atoms with E-state index in [1.54, 1.807) is 35.0 Å². The third kappa shape index (κ3) is 3.64. The summed E-state index contributed by atoms with van der Waals surface area (Å²) in [4.78, 5) is 21.8. The summed E-state index contributed by atoms with van der Waals surface area (Å²) in [6.07, 6.45) is 3.63. The molecule has 0 saturated carbocycles. The molecule has 26 heavy (non-hydrogen) atoms. The fourth-order valence-electron chi connectivity index (χ4n) is 3.03. The first kappa shape index (κ1) is 17.2. The molecular weight excluding hydrogens is 353 g/mol. The van der Waals surface area contributed by atoms with Crippen LogP contribution in [0, 0.1) is 5.82 Å². The number of halogens is 1. The number of hydrogen-bond donors (Lipinski definition) is 0. The van der Waals surface area contributed by atoms with Crippen molar-refractivity contribution in [2.45, 2.75) is 36.4 Å². The number of thioether (sulfide) groups is 1. The van der Waals surface area contributed by atoms with Gasteiger partial charge in [0.05, 0.1) is 18.0 Å². The molecule has 1 fully saturated rings. The molecule has 7 heteroatoms. The van der Waals surface area contributed by atoms with E-state index in [0.717, 1.165) is 25.0 Å². The molecule has 0 aliphatic carbocycles. The monoisotopic (exact) mass is 371 g/mol. The fourth-order valence-corrected chi connectivity index (χ4v) is 3.98. The van der Waals surface area contributed by atoms with Crippen molar-refractivity contribution in [1.29, 1.82) is 0 Å². The zero-order chi connectivity index (χ0) is 17.9. The lowest BCUT2D eigenvalue weighted by atomic mass is 10.2. The predicted molar refractivity (Wildman–Crippen MR) is 98.7 cm³/mol. The quantitative estimate of drug-likeness (QED) is 0.508. The van der Waals surface area contributed by atoms with Gasteiger partial charge < -0.3 is 4.74 Å². The first-order chi connectivity index (χ1) is 12.7. The van der Waals surface area contributed by atoms with Crippen LogP contribution in [0.25, 0.3) is 11.0 Å². The SMILES string of the molecule is O=c1c2cccnc2nc(SCc2ccc(F)cc2)n1CC1CCCO1. The highest BCUT2D eigenvalue weighted by Crippen LogP contribution is 2.23. The van der Waals surface area contributed by atoms with Crippen LogP contribution in [0.5, 0.6) is 0 Å². The number of nitrogens with zero attached hydrogens (tertiary/aromatic N) is 3. The Morgan fingerprint density at radius 2 is 2.12 bits per heavy atom. The lowest BCUT2D eigenvalue weighted by molar-refractivity contribution is 0.0937. The molecule has 0 N–H and O–H groups in total. The number of benzene rings is 1. The Morgan fingerprint density at radius 3 is 2.88 bits per heavy atom. The molecule has 1 unspecified atom stereocenters. The normalized spacial score (nSPS) is 17.0. The molecular formula is C19H18FN3O2S. The van der Waals surface area contributed by atoms with Gasteiger partial charge in [0.1, 0.15) is 5.82 Å². The van der Waals surface area contributed by atoms with Gasteiger partial charge in [0.25, 0.3) is 5.56 Å². The third-order valence-electron chi connectivity index (χ3n) is 4.39. The topological polar surface area (TPSA) is 57.0 Å². The van der Waals surface area contributed by atoms with E-state index < -0.39 is 0 Å². The molecule has 0 spiro atoms. The highest BCUT2D eigenvalue weighted by atomic mass is 32.2. The van der Waals surface area contributed by atoms with E-state index in [2.05, 4.69) is 9.97 Å². The zero-order valence-electron chi connectivity index (χ0n) is 14.1. The second kappa shape index (κ2) is 7.55. The Labute approximate surface area is 154 Å². The lowest BCUT2D eigenvalue weighted by Gasteiger charge is -2.16. The molecule has 3 heterocycles. The summed E-state index contributed by atoms with van der Waals surface area (Å²) in [6.45, 7) is 1.22. The second-order valence-electron chi connectivity index (χ2n) is 6.23. The minimum Gasteiger partial charge on any atom is -0.376 e. The summed E-state index contributed by atoms with van der Waals surface area (Å²) < 4.78 is 20.5. The summed E-state index contributed by atoms with van der Waals surface area (Å²) in [7, 11) is 0. The Kier molecular flexibility index (Phi) is 4.99. The Morgan fingerprint density at radius 1 is 1.27 bits per heavy atom. The number of pyridine rings is 1. The molecule has 5 nitrogen and oxygen atoms in total. The Balaban J connectivity index is 1.68. The summed E-state index contributed by atoms with van der Waals surface area (Å²) in [5, 5.41) is 1.12. The van der Waals surface area contributed by atoms with Crippen molar-refractivity contribution in [2.75, 3.05) is 6.61 Å². The average molecular weight is 371 g/mol. The van der Waals surface area contributed by atoms with Gasteiger partial charge >= 0.3 is 0 Å². The largest absolute Gasteiger partial charge is 0.376 e. The van der Waals surface area contributed by atoms with Crippen LogP contribution in [-0.2, 0) is 17.0 Å². The highest BCUT2D eigenvalue weighted by Gasteiger charge is 2.20. The molecule has 0 amide bonds. The summed E-state index contributed by atoms with van der Waals surface area (Å²) in [5.74, 6) is 0.332. The van der Waals surface area contributed by atoms with Crippen LogP contribution in [0.4, 0.5) is 4.39 Å². The molecule has 2 aromatic heterocycles. The molecule has 1 saturated heterocycles. The zero-order valence-corrected chi connectivity index (χ0v) is 14.9. The van der Waals surface area contributed by atoms with Crippen molar-refractivity contribution >= 4 is 22.8 Å². The van der Waals surface area contributed by atoms with E-state index in [-0.39, 0.29) is 17.5 Å². The van der Waals surface area contributed by atoms with Crippen LogP contribution >= 0.6 is 11.8 Å². The van der Waals surface area contributed by atoms with E-state index in [0.29, 0.717) is 28.5 Å². The molecule has 1 atom stereocenters. The molecule has 1 aromatic carbocycles. The molecule has 134 valence electrons. The minimum atomic E-state index is -0.262. The second-order valence-corrected chi connectivity index (χ2v) is 7.18. The molecule has 1 aliphatic rings. The Bertz CT molecular complexity index is 969.